The molecule has 0 saturated heterocycles. The third kappa shape index (κ3) is 8.13. The van der Waals surface area contributed by atoms with Gasteiger partial charge in [-0.1, -0.05) is 29.8 Å². The number of hydrogen-bond acceptors (Lipinski definition) is 5. The number of para-hydroxylation sites is 1. The number of anilines is 2. The van der Waals surface area contributed by atoms with E-state index in [1.54, 1.807) is 24.3 Å². The van der Waals surface area contributed by atoms with E-state index < -0.39 is 12.1 Å². The van der Waals surface area contributed by atoms with Gasteiger partial charge in [0.2, 0.25) is 0 Å². The van der Waals surface area contributed by atoms with E-state index in [2.05, 4.69) is 0 Å². The number of ether oxygens (including phenoxy) is 2. The summed E-state index contributed by atoms with van der Waals surface area (Å²) in [5.74, 6) is -0.570. The summed E-state index contributed by atoms with van der Waals surface area (Å²) in [5, 5.41) is 11.0. The van der Waals surface area contributed by atoms with Crippen molar-refractivity contribution < 1.29 is 53.7 Å². The summed E-state index contributed by atoms with van der Waals surface area (Å²) in [6, 6.07) is 16.4. The van der Waals surface area contributed by atoms with Crippen LogP contribution >= 0.6 is 11.6 Å². The number of rotatable bonds is 8. The van der Waals surface area contributed by atoms with Gasteiger partial charge in [0.05, 0.1) is 30.6 Å². The van der Waals surface area contributed by atoms with Crippen LogP contribution in [-0.4, -0.2) is 31.9 Å². The topological polar surface area (TPSA) is 78.9 Å². The van der Waals surface area contributed by atoms with E-state index in [1.807, 2.05) is 30.3 Å². The van der Waals surface area contributed by atoms with E-state index in [0.29, 0.717) is 29.8 Å². The van der Waals surface area contributed by atoms with Crippen molar-refractivity contribution >= 4 is 35.0 Å². The predicted octanol–water partition coefficient (Wildman–Crippen LogP) is 1.19. The largest absolute Gasteiger partial charge is 1.00 e. The van der Waals surface area contributed by atoms with Gasteiger partial charge in [0.25, 0.3) is 0 Å². The van der Waals surface area contributed by atoms with Crippen LogP contribution in [-0.2, 0) is 14.3 Å². The maximum atomic E-state index is 12.9. The van der Waals surface area contributed by atoms with Crippen molar-refractivity contribution in [2.24, 2.45) is 11.8 Å². The minimum atomic E-state index is -1.20. The molecule has 0 bridgehead atoms. The molecule has 1 aliphatic carbocycles. The standard InChI is InChI=1S/C23H26ClNO5.Na/c24-19-10-12-21(13-11-19)25(20-4-2-1-3-5-20)23(28)30-15-18-8-6-17(7-9-18)14-29-16-22(26)27;/h1-5,10-13,17-18H,6-9,14-16H2,(H,26,27);/q;+1/p-1. The van der Waals surface area contributed by atoms with Gasteiger partial charge in [-0.3, -0.25) is 0 Å². The van der Waals surface area contributed by atoms with Crippen molar-refractivity contribution in [3.05, 3.63) is 59.6 Å². The number of benzene rings is 2. The molecule has 0 unspecified atom stereocenters. The molecule has 6 nitrogen and oxygen atoms in total. The quantitative estimate of drug-likeness (QED) is 0.561. The molecule has 0 N–H and O–H groups in total. The van der Waals surface area contributed by atoms with Crippen molar-refractivity contribution in [2.45, 2.75) is 25.7 Å². The number of amides is 1. The minimum absolute atomic E-state index is 0. The fourth-order valence-electron chi connectivity index (χ4n) is 3.65. The second-order valence-corrected chi connectivity index (χ2v) is 7.93. The molecule has 3 rings (SSSR count). The Morgan fingerprint density at radius 2 is 1.45 bits per heavy atom. The first-order valence-electron chi connectivity index (χ1n) is 10.1. The Labute approximate surface area is 209 Å². The maximum absolute atomic E-state index is 12.9. The fraction of sp³-hybridized carbons (Fsp3) is 0.391. The van der Waals surface area contributed by atoms with Crippen LogP contribution in [0.2, 0.25) is 5.02 Å². The first-order chi connectivity index (χ1) is 14.5. The van der Waals surface area contributed by atoms with Gasteiger partial charge < -0.3 is 19.4 Å². The van der Waals surface area contributed by atoms with Crippen LogP contribution in [0.5, 0.6) is 0 Å². The number of halogens is 1. The average Bonchev–Trinajstić information content (AvgIpc) is 2.75. The average molecular weight is 454 g/mol. The maximum Gasteiger partial charge on any atom is 1.00 e. The molecule has 0 aliphatic heterocycles. The van der Waals surface area contributed by atoms with Gasteiger partial charge in [-0.25, -0.2) is 9.69 Å². The van der Waals surface area contributed by atoms with Crippen LogP contribution in [0, 0.1) is 11.8 Å². The fourth-order valence-corrected chi connectivity index (χ4v) is 3.78. The SMILES string of the molecule is O=C([O-])COCC1CCC(COC(=O)N(c2ccccc2)c2ccc(Cl)cc2)CC1.[Na+]. The second-order valence-electron chi connectivity index (χ2n) is 7.50. The van der Waals surface area contributed by atoms with Crippen LogP contribution in [0.1, 0.15) is 25.7 Å². The Bertz CT molecular complexity index is 826. The summed E-state index contributed by atoms with van der Waals surface area (Å²) in [5.41, 5.74) is 1.41. The van der Waals surface area contributed by atoms with Crippen molar-refractivity contribution in [3.8, 4) is 0 Å². The van der Waals surface area contributed by atoms with E-state index in [-0.39, 0.29) is 42.1 Å². The van der Waals surface area contributed by atoms with E-state index >= 15 is 0 Å². The summed E-state index contributed by atoms with van der Waals surface area (Å²) in [7, 11) is 0. The molecule has 1 saturated carbocycles. The number of aliphatic carboxylic acids is 1. The summed E-state index contributed by atoms with van der Waals surface area (Å²) < 4.78 is 10.8. The van der Waals surface area contributed by atoms with Crippen molar-refractivity contribution in [1.82, 2.24) is 0 Å². The Kier molecular flexibility index (Phi) is 10.8. The van der Waals surface area contributed by atoms with E-state index in [9.17, 15) is 14.7 Å². The number of carbonyl (C=O) groups excluding carboxylic acids is 2. The van der Waals surface area contributed by atoms with Gasteiger partial charge in [-0.15, -0.1) is 0 Å². The van der Waals surface area contributed by atoms with Crippen molar-refractivity contribution in [3.63, 3.8) is 0 Å². The monoisotopic (exact) mass is 453 g/mol. The zero-order valence-corrected chi connectivity index (χ0v) is 20.4. The molecule has 0 atom stereocenters. The van der Waals surface area contributed by atoms with E-state index in [1.165, 1.54) is 4.90 Å². The Balaban J connectivity index is 0.00000341. The number of carbonyl (C=O) groups is 2. The van der Waals surface area contributed by atoms with Gasteiger partial charge in [-0.2, -0.15) is 0 Å². The molecular weight excluding hydrogens is 429 g/mol. The number of carboxylic acid groups (broad SMARTS) is 1. The van der Waals surface area contributed by atoms with Crippen LogP contribution in [0.15, 0.2) is 54.6 Å². The van der Waals surface area contributed by atoms with Crippen molar-refractivity contribution in [2.75, 3.05) is 24.7 Å². The first kappa shape index (κ1) is 25.7. The van der Waals surface area contributed by atoms with Crippen LogP contribution in [0.3, 0.4) is 0 Å². The zero-order chi connectivity index (χ0) is 21.3. The minimum Gasteiger partial charge on any atom is -0.548 e. The van der Waals surface area contributed by atoms with Gasteiger partial charge >= 0.3 is 35.7 Å². The van der Waals surface area contributed by atoms with Crippen molar-refractivity contribution in [1.29, 1.82) is 0 Å². The molecular formula is C23H25ClNNaO5. The van der Waals surface area contributed by atoms with E-state index in [0.717, 1.165) is 31.4 Å². The number of carboxylic acids is 1. The summed E-state index contributed by atoms with van der Waals surface area (Å²) in [6.45, 7) is 0.415. The molecule has 1 amide bonds. The molecule has 1 aliphatic rings. The number of nitrogens with zero attached hydrogens (tertiary/aromatic N) is 1. The molecule has 0 aromatic heterocycles. The molecule has 0 spiro atoms. The molecule has 160 valence electrons. The summed E-state index contributed by atoms with van der Waals surface area (Å²) >= 11 is 5.99. The second kappa shape index (κ2) is 13.1. The third-order valence-corrected chi connectivity index (χ3v) is 5.52. The van der Waals surface area contributed by atoms with E-state index in [4.69, 9.17) is 21.1 Å². The van der Waals surface area contributed by atoms with Crippen LogP contribution < -0.4 is 39.6 Å². The number of hydrogen-bond donors (Lipinski definition) is 0. The third-order valence-electron chi connectivity index (χ3n) is 5.26. The summed E-state index contributed by atoms with van der Waals surface area (Å²) in [4.78, 5) is 24.9. The van der Waals surface area contributed by atoms with Gasteiger partial charge in [0.1, 0.15) is 0 Å². The molecule has 1 fully saturated rings. The van der Waals surface area contributed by atoms with Crippen LogP contribution in [0.4, 0.5) is 16.2 Å². The molecule has 2 aromatic carbocycles. The predicted molar refractivity (Wildman–Crippen MR) is 113 cm³/mol. The normalized spacial score (nSPS) is 18.0. The van der Waals surface area contributed by atoms with Crippen LogP contribution in [0.25, 0.3) is 0 Å². The smallest absolute Gasteiger partial charge is 0.548 e. The molecule has 0 heterocycles. The molecule has 2 aromatic rings. The van der Waals surface area contributed by atoms with Gasteiger partial charge in [0, 0.05) is 11.6 Å². The summed E-state index contributed by atoms with van der Waals surface area (Å²) in [6.07, 6.45) is 3.25. The van der Waals surface area contributed by atoms with Gasteiger partial charge in [0.15, 0.2) is 0 Å². The Morgan fingerprint density at radius 3 is 2.03 bits per heavy atom. The zero-order valence-electron chi connectivity index (χ0n) is 17.7. The Hall–Kier alpha value is -1.57. The molecule has 31 heavy (non-hydrogen) atoms. The Morgan fingerprint density at radius 1 is 0.903 bits per heavy atom. The van der Waals surface area contributed by atoms with Gasteiger partial charge in [-0.05, 0) is 73.9 Å². The molecule has 0 radical (unpaired) electrons. The first-order valence-corrected chi connectivity index (χ1v) is 10.5. The molecule has 8 heteroatoms.